The highest BCUT2D eigenvalue weighted by Crippen LogP contribution is 2.34. The van der Waals surface area contributed by atoms with Crippen LogP contribution in [0.1, 0.15) is 31.9 Å². The lowest BCUT2D eigenvalue weighted by Crippen LogP contribution is -2.15. The summed E-state index contributed by atoms with van der Waals surface area (Å²) in [7, 11) is 1.91. The van der Waals surface area contributed by atoms with Gasteiger partial charge in [-0.15, -0.1) is 0 Å². The second-order valence-electron chi connectivity index (χ2n) is 3.49. The third-order valence-corrected chi connectivity index (χ3v) is 3.11. The second kappa shape index (κ2) is 6.33. The summed E-state index contributed by atoms with van der Waals surface area (Å²) in [6.07, 6.45) is 0.959. The lowest BCUT2D eigenvalue weighted by molar-refractivity contribution is 0.340. The predicted octanol–water partition coefficient (Wildman–Crippen LogP) is 4.06. The van der Waals surface area contributed by atoms with Gasteiger partial charge in [-0.25, -0.2) is 0 Å². The van der Waals surface area contributed by atoms with Gasteiger partial charge in [0.05, 0.1) is 11.6 Å². The summed E-state index contributed by atoms with van der Waals surface area (Å²) >= 11 is 12.3. The van der Waals surface area contributed by atoms with Crippen molar-refractivity contribution in [2.45, 2.75) is 26.3 Å². The average molecular weight is 262 g/mol. The molecule has 0 heterocycles. The lowest BCUT2D eigenvalue weighted by Gasteiger charge is -2.17. The number of benzene rings is 1. The van der Waals surface area contributed by atoms with E-state index in [0.29, 0.717) is 22.4 Å². The Labute approximate surface area is 107 Å². The van der Waals surface area contributed by atoms with Gasteiger partial charge in [0, 0.05) is 17.1 Å². The highest BCUT2D eigenvalue weighted by Gasteiger charge is 2.14. The van der Waals surface area contributed by atoms with Crippen molar-refractivity contribution < 1.29 is 4.74 Å². The molecule has 0 aliphatic carbocycles. The first-order chi connectivity index (χ1) is 7.63. The first-order valence-electron chi connectivity index (χ1n) is 5.43. The van der Waals surface area contributed by atoms with E-state index in [2.05, 4.69) is 12.2 Å². The lowest BCUT2D eigenvalue weighted by atomic mass is 10.0. The van der Waals surface area contributed by atoms with Crippen molar-refractivity contribution in [1.29, 1.82) is 0 Å². The molecule has 1 unspecified atom stereocenters. The first kappa shape index (κ1) is 13.6. The van der Waals surface area contributed by atoms with Crippen molar-refractivity contribution in [2.24, 2.45) is 0 Å². The maximum Gasteiger partial charge on any atom is 0.139 e. The topological polar surface area (TPSA) is 21.3 Å². The van der Waals surface area contributed by atoms with Crippen molar-refractivity contribution in [1.82, 2.24) is 5.32 Å². The summed E-state index contributed by atoms with van der Waals surface area (Å²) in [6.45, 7) is 4.60. The minimum Gasteiger partial charge on any atom is -0.492 e. The van der Waals surface area contributed by atoms with E-state index in [1.165, 1.54) is 0 Å². The fourth-order valence-electron chi connectivity index (χ4n) is 1.66. The molecular weight excluding hydrogens is 245 g/mol. The summed E-state index contributed by atoms with van der Waals surface area (Å²) in [5.74, 6) is 0.642. The van der Waals surface area contributed by atoms with Gasteiger partial charge < -0.3 is 10.1 Å². The molecule has 0 amide bonds. The smallest absolute Gasteiger partial charge is 0.139 e. The van der Waals surface area contributed by atoms with Crippen LogP contribution in [0.2, 0.25) is 10.0 Å². The Morgan fingerprint density at radius 1 is 1.25 bits per heavy atom. The quantitative estimate of drug-likeness (QED) is 0.863. The Bertz CT molecular complexity index is 351. The number of halogens is 2. The molecule has 4 heteroatoms. The van der Waals surface area contributed by atoms with Gasteiger partial charge in [-0.1, -0.05) is 30.1 Å². The molecule has 1 aromatic carbocycles. The zero-order valence-electron chi connectivity index (χ0n) is 9.81. The van der Waals surface area contributed by atoms with Gasteiger partial charge >= 0.3 is 0 Å². The van der Waals surface area contributed by atoms with Crippen LogP contribution < -0.4 is 10.1 Å². The zero-order chi connectivity index (χ0) is 12.1. The Hall–Kier alpha value is -0.440. The van der Waals surface area contributed by atoms with Gasteiger partial charge in [-0.05, 0) is 32.0 Å². The maximum atomic E-state index is 6.21. The van der Waals surface area contributed by atoms with E-state index in [-0.39, 0.29) is 6.04 Å². The molecule has 0 aliphatic rings. The van der Waals surface area contributed by atoms with Crippen LogP contribution in [-0.2, 0) is 0 Å². The minimum atomic E-state index is 0.223. The normalized spacial score (nSPS) is 12.6. The Morgan fingerprint density at radius 3 is 2.44 bits per heavy atom. The molecule has 1 rings (SSSR count). The Kier molecular flexibility index (Phi) is 5.39. The SMILES string of the molecule is CCOc1cc(Cl)c(C(CC)NC)cc1Cl. The van der Waals surface area contributed by atoms with Crippen LogP contribution in [0.25, 0.3) is 0 Å². The van der Waals surface area contributed by atoms with E-state index in [1.54, 1.807) is 6.07 Å². The van der Waals surface area contributed by atoms with Crippen molar-refractivity contribution in [3.05, 3.63) is 27.7 Å². The number of rotatable bonds is 5. The fraction of sp³-hybridized carbons (Fsp3) is 0.500. The fourth-order valence-corrected chi connectivity index (χ4v) is 2.17. The van der Waals surface area contributed by atoms with E-state index in [4.69, 9.17) is 27.9 Å². The summed E-state index contributed by atoms with van der Waals surface area (Å²) in [6, 6.07) is 3.88. The molecule has 1 N–H and O–H groups in total. The zero-order valence-corrected chi connectivity index (χ0v) is 11.3. The van der Waals surface area contributed by atoms with Crippen LogP contribution in [0.3, 0.4) is 0 Å². The molecule has 0 aliphatic heterocycles. The second-order valence-corrected chi connectivity index (χ2v) is 4.30. The number of hydrogen-bond donors (Lipinski definition) is 1. The van der Waals surface area contributed by atoms with Crippen molar-refractivity contribution >= 4 is 23.2 Å². The Balaban J connectivity index is 3.08. The van der Waals surface area contributed by atoms with Gasteiger partial charge in [0.1, 0.15) is 5.75 Å². The molecule has 1 atom stereocenters. The molecule has 1 aromatic rings. The highest BCUT2D eigenvalue weighted by atomic mass is 35.5. The van der Waals surface area contributed by atoms with Crippen LogP contribution in [0.5, 0.6) is 5.75 Å². The van der Waals surface area contributed by atoms with Gasteiger partial charge in [-0.3, -0.25) is 0 Å². The van der Waals surface area contributed by atoms with E-state index in [9.17, 15) is 0 Å². The van der Waals surface area contributed by atoms with Crippen molar-refractivity contribution in [2.75, 3.05) is 13.7 Å². The Morgan fingerprint density at radius 2 is 1.94 bits per heavy atom. The standard InChI is InChI=1S/C12H17Cl2NO/c1-4-11(15-3)8-6-10(14)12(16-5-2)7-9(8)13/h6-7,11,15H,4-5H2,1-3H3. The van der Waals surface area contributed by atoms with E-state index in [0.717, 1.165) is 12.0 Å². The predicted molar refractivity (Wildman–Crippen MR) is 69.7 cm³/mol. The summed E-state index contributed by atoms with van der Waals surface area (Å²) in [5, 5.41) is 4.50. The van der Waals surface area contributed by atoms with Crippen molar-refractivity contribution in [3.8, 4) is 5.75 Å². The third kappa shape index (κ3) is 3.03. The van der Waals surface area contributed by atoms with Gasteiger partial charge in [0.15, 0.2) is 0 Å². The van der Waals surface area contributed by atoms with Gasteiger partial charge in [-0.2, -0.15) is 0 Å². The van der Waals surface area contributed by atoms with Crippen LogP contribution in [0, 0.1) is 0 Å². The molecule has 0 radical (unpaired) electrons. The molecule has 0 saturated carbocycles. The summed E-state index contributed by atoms with van der Waals surface area (Å²) < 4.78 is 5.38. The van der Waals surface area contributed by atoms with E-state index in [1.807, 2.05) is 20.0 Å². The molecular formula is C12H17Cl2NO. The number of ether oxygens (including phenoxy) is 1. The first-order valence-corrected chi connectivity index (χ1v) is 6.18. The summed E-state index contributed by atoms with van der Waals surface area (Å²) in [5.41, 5.74) is 1.01. The minimum absolute atomic E-state index is 0.223. The third-order valence-electron chi connectivity index (χ3n) is 2.48. The molecule has 0 spiro atoms. The molecule has 0 bridgehead atoms. The number of nitrogens with one attached hydrogen (secondary N) is 1. The van der Waals surface area contributed by atoms with Crippen LogP contribution in [0.4, 0.5) is 0 Å². The summed E-state index contributed by atoms with van der Waals surface area (Å²) in [4.78, 5) is 0. The largest absolute Gasteiger partial charge is 0.492 e. The van der Waals surface area contributed by atoms with Crippen LogP contribution in [0.15, 0.2) is 12.1 Å². The molecule has 0 saturated heterocycles. The van der Waals surface area contributed by atoms with E-state index >= 15 is 0 Å². The maximum absolute atomic E-state index is 6.21. The highest BCUT2D eigenvalue weighted by molar-refractivity contribution is 6.34. The molecule has 2 nitrogen and oxygen atoms in total. The van der Waals surface area contributed by atoms with Crippen LogP contribution >= 0.6 is 23.2 Å². The molecule has 0 aromatic heterocycles. The van der Waals surface area contributed by atoms with Gasteiger partial charge in [0.25, 0.3) is 0 Å². The van der Waals surface area contributed by atoms with E-state index < -0.39 is 0 Å². The number of hydrogen-bond acceptors (Lipinski definition) is 2. The molecule has 0 fully saturated rings. The van der Waals surface area contributed by atoms with Gasteiger partial charge in [0.2, 0.25) is 0 Å². The average Bonchev–Trinajstić information content (AvgIpc) is 2.26. The monoisotopic (exact) mass is 261 g/mol. The van der Waals surface area contributed by atoms with Crippen LogP contribution in [-0.4, -0.2) is 13.7 Å². The molecule has 90 valence electrons. The van der Waals surface area contributed by atoms with Crippen molar-refractivity contribution in [3.63, 3.8) is 0 Å². The molecule has 16 heavy (non-hydrogen) atoms.